The van der Waals surface area contributed by atoms with E-state index in [9.17, 15) is 14.4 Å². The minimum Gasteiger partial charge on any atom is -0.476 e. The fourth-order valence-corrected chi connectivity index (χ4v) is 0.875. The Morgan fingerprint density at radius 1 is 1.06 bits per heavy atom. The number of rotatable bonds is 9. The molecule has 0 aliphatic carbocycles. The van der Waals surface area contributed by atoms with Crippen molar-refractivity contribution in [3.63, 3.8) is 0 Å². The Bertz CT molecular complexity index is 252. The van der Waals surface area contributed by atoms with Gasteiger partial charge in [0.2, 0.25) is 5.78 Å². The number of halogens is 1. The molecule has 92 valence electrons. The smallest absolute Gasteiger partial charge is 0.372 e. The van der Waals surface area contributed by atoms with Gasteiger partial charge < -0.3 is 14.6 Å². The fourth-order valence-electron chi connectivity index (χ4n) is 0.766. The zero-order chi connectivity index (χ0) is 12.4. The standard InChI is InChI=1S/C9H13ClO6/c10-3-4-15-5-6-16-8(12)2-1-7(11)9(13)14/h1-6H2,(H,13,14). The molecule has 1 N–H and O–H groups in total. The molecule has 0 unspecified atom stereocenters. The molecular formula is C9H13ClO6. The molecule has 16 heavy (non-hydrogen) atoms. The quantitative estimate of drug-likeness (QED) is 0.273. The maximum absolute atomic E-state index is 11.0. The lowest BCUT2D eigenvalue weighted by Crippen LogP contribution is -2.16. The third kappa shape index (κ3) is 8.19. The Hall–Kier alpha value is -1.14. The first-order chi connectivity index (χ1) is 7.57. The Morgan fingerprint density at radius 2 is 1.75 bits per heavy atom. The molecule has 0 aromatic heterocycles. The van der Waals surface area contributed by atoms with Gasteiger partial charge in [0.05, 0.1) is 19.6 Å². The highest BCUT2D eigenvalue weighted by atomic mass is 35.5. The summed E-state index contributed by atoms with van der Waals surface area (Å²) >= 11 is 5.33. The first-order valence-corrected chi connectivity index (χ1v) is 5.17. The monoisotopic (exact) mass is 252 g/mol. The first-order valence-electron chi connectivity index (χ1n) is 4.63. The van der Waals surface area contributed by atoms with Crippen molar-refractivity contribution in [2.75, 3.05) is 25.7 Å². The first kappa shape index (κ1) is 14.9. The lowest BCUT2D eigenvalue weighted by atomic mass is 10.2. The van der Waals surface area contributed by atoms with Crippen LogP contribution in [-0.4, -0.2) is 48.5 Å². The molecule has 0 heterocycles. The molecule has 0 aromatic carbocycles. The summed E-state index contributed by atoms with van der Waals surface area (Å²) in [6, 6.07) is 0. The van der Waals surface area contributed by atoms with E-state index in [1.54, 1.807) is 0 Å². The second kappa shape index (κ2) is 9.11. The topological polar surface area (TPSA) is 89.9 Å². The lowest BCUT2D eigenvalue weighted by molar-refractivity contribution is -0.151. The number of esters is 1. The molecule has 0 rings (SSSR count). The van der Waals surface area contributed by atoms with Gasteiger partial charge in [0.25, 0.3) is 0 Å². The Labute approximate surface area is 97.5 Å². The zero-order valence-corrected chi connectivity index (χ0v) is 9.36. The van der Waals surface area contributed by atoms with Crippen LogP contribution >= 0.6 is 11.6 Å². The summed E-state index contributed by atoms with van der Waals surface area (Å²) in [7, 11) is 0. The van der Waals surface area contributed by atoms with Crippen molar-refractivity contribution < 1.29 is 29.0 Å². The van der Waals surface area contributed by atoms with Crippen molar-refractivity contribution >= 4 is 29.3 Å². The van der Waals surface area contributed by atoms with Crippen LogP contribution in [0.1, 0.15) is 12.8 Å². The van der Waals surface area contributed by atoms with E-state index in [0.29, 0.717) is 12.5 Å². The molecule has 0 saturated carbocycles. The number of ether oxygens (including phenoxy) is 2. The number of carbonyl (C=O) groups is 3. The Morgan fingerprint density at radius 3 is 2.31 bits per heavy atom. The summed E-state index contributed by atoms with van der Waals surface area (Å²) in [5, 5.41) is 8.23. The number of carboxylic acid groups (broad SMARTS) is 1. The second-order valence-electron chi connectivity index (χ2n) is 2.75. The maximum atomic E-state index is 11.0. The lowest BCUT2D eigenvalue weighted by Gasteiger charge is -2.04. The number of Topliss-reactive ketones (excluding diaryl/α,β-unsaturated/α-hetero) is 1. The Balaban J connectivity index is 3.45. The van der Waals surface area contributed by atoms with Crippen LogP contribution in [0.4, 0.5) is 0 Å². The van der Waals surface area contributed by atoms with Crippen molar-refractivity contribution in [1.29, 1.82) is 0 Å². The van der Waals surface area contributed by atoms with Gasteiger partial charge in [-0.2, -0.15) is 0 Å². The van der Waals surface area contributed by atoms with Gasteiger partial charge in [-0.1, -0.05) is 0 Å². The van der Waals surface area contributed by atoms with E-state index in [1.165, 1.54) is 0 Å². The van der Waals surface area contributed by atoms with Crippen molar-refractivity contribution in [3.05, 3.63) is 0 Å². The predicted octanol–water partition coefficient (Wildman–Crippen LogP) is 0.219. The predicted molar refractivity (Wildman–Crippen MR) is 54.4 cm³/mol. The summed E-state index contributed by atoms with van der Waals surface area (Å²) in [4.78, 5) is 31.7. The fraction of sp³-hybridized carbons (Fsp3) is 0.667. The van der Waals surface area contributed by atoms with E-state index < -0.39 is 17.7 Å². The van der Waals surface area contributed by atoms with E-state index in [1.807, 2.05) is 0 Å². The van der Waals surface area contributed by atoms with Gasteiger partial charge in [-0.05, 0) is 0 Å². The zero-order valence-electron chi connectivity index (χ0n) is 8.61. The highest BCUT2D eigenvalue weighted by Gasteiger charge is 2.13. The molecule has 0 fully saturated rings. The number of carboxylic acids is 1. The normalized spacial score (nSPS) is 9.81. The van der Waals surface area contributed by atoms with Crippen LogP contribution in [0, 0.1) is 0 Å². The molecular weight excluding hydrogens is 240 g/mol. The van der Waals surface area contributed by atoms with Crippen LogP contribution in [0.2, 0.25) is 0 Å². The van der Waals surface area contributed by atoms with E-state index in [0.717, 1.165) is 0 Å². The van der Waals surface area contributed by atoms with E-state index in [4.69, 9.17) is 21.4 Å². The summed E-state index contributed by atoms with van der Waals surface area (Å²) in [5.74, 6) is -2.81. The summed E-state index contributed by atoms with van der Waals surface area (Å²) in [5.41, 5.74) is 0. The highest BCUT2D eigenvalue weighted by Crippen LogP contribution is 1.95. The minimum absolute atomic E-state index is 0.0665. The van der Waals surface area contributed by atoms with Gasteiger partial charge in [0, 0.05) is 12.3 Å². The number of aliphatic carboxylic acids is 1. The van der Waals surface area contributed by atoms with Crippen molar-refractivity contribution in [3.8, 4) is 0 Å². The van der Waals surface area contributed by atoms with Crippen LogP contribution in [-0.2, 0) is 23.9 Å². The summed E-state index contributed by atoms with van der Waals surface area (Å²) < 4.78 is 9.59. The third-order valence-corrected chi connectivity index (χ3v) is 1.66. The van der Waals surface area contributed by atoms with Crippen LogP contribution in [0.5, 0.6) is 0 Å². The van der Waals surface area contributed by atoms with Crippen LogP contribution in [0.15, 0.2) is 0 Å². The van der Waals surface area contributed by atoms with Crippen LogP contribution < -0.4 is 0 Å². The molecule has 0 bridgehead atoms. The average Bonchev–Trinajstić information content (AvgIpc) is 2.25. The average molecular weight is 253 g/mol. The SMILES string of the molecule is O=C(CCC(=O)C(=O)O)OCCOCCCl. The number of hydrogen-bond donors (Lipinski definition) is 1. The summed E-state index contributed by atoms with van der Waals surface area (Å²) in [6.45, 7) is 0.666. The Kier molecular flexibility index (Phi) is 8.46. The molecule has 0 aliphatic heterocycles. The second-order valence-corrected chi connectivity index (χ2v) is 3.13. The van der Waals surface area contributed by atoms with Crippen LogP contribution in [0.3, 0.4) is 0 Å². The van der Waals surface area contributed by atoms with Gasteiger partial charge in [-0.15, -0.1) is 11.6 Å². The van der Waals surface area contributed by atoms with E-state index in [-0.39, 0.29) is 26.1 Å². The van der Waals surface area contributed by atoms with Gasteiger partial charge in [-0.25, -0.2) is 4.79 Å². The van der Waals surface area contributed by atoms with Crippen molar-refractivity contribution in [2.45, 2.75) is 12.8 Å². The molecule has 6 nitrogen and oxygen atoms in total. The maximum Gasteiger partial charge on any atom is 0.372 e. The number of ketones is 1. The number of carbonyl (C=O) groups excluding carboxylic acids is 2. The molecule has 0 aromatic rings. The van der Waals surface area contributed by atoms with Gasteiger partial charge in [0.15, 0.2) is 0 Å². The van der Waals surface area contributed by atoms with Crippen LogP contribution in [0.25, 0.3) is 0 Å². The molecule has 0 amide bonds. The third-order valence-electron chi connectivity index (χ3n) is 1.51. The van der Waals surface area contributed by atoms with E-state index in [2.05, 4.69) is 4.74 Å². The van der Waals surface area contributed by atoms with Gasteiger partial charge in [-0.3, -0.25) is 9.59 Å². The van der Waals surface area contributed by atoms with E-state index >= 15 is 0 Å². The minimum atomic E-state index is -1.54. The molecule has 0 radical (unpaired) electrons. The number of hydrogen-bond acceptors (Lipinski definition) is 5. The molecule has 0 aliphatic rings. The molecule has 7 heteroatoms. The largest absolute Gasteiger partial charge is 0.476 e. The van der Waals surface area contributed by atoms with Crippen molar-refractivity contribution in [2.24, 2.45) is 0 Å². The molecule has 0 saturated heterocycles. The van der Waals surface area contributed by atoms with Gasteiger partial charge in [0.1, 0.15) is 6.61 Å². The van der Waals surface area contributed by atoms with Crippen molar-refractivity contribution in [1.82, 2.24) is 0 Å². The molecule has 0 spiro atoms. The van der Waals surface area contributed by atoms with Gasteiger partial charge >= 0.3 is 11.9 Å². The summed E-state index contributed by atoms with van der Waals surface area (Å²) in [6.07, 6.45) is -0.586. The highest BCUT2D eigenvalue weighted by molar-refractivity contribution is 6.32. The molecule has 0 atom stereocenters. The number of alkyl halides is 1.